The predicted molar refractivity (Wildman–Crippen MR) is 75.6 cm³/mol. The summed E-state index contributed by atoms with van der Waals surface area (Å²) in [6, 6.07) is 3.55. The first-order chi connectivity index (χ1) is 10.7. The average molecular weight is 330 g/mol. The highest BCUT2D eigenvalue weighted by Gasteiger charge is 2.40. The molecule has 0 saturated heterocycles. The molecule has 1 saturated carbocycles. The molecule has 4 nitrogen and oxygen atoms in total. The summed E-state index contributed by atoms with van der Waals surface area (Å²) in [5.74, 6) is -0.691. The first-order valence-corrected chi connectivity index (χ1v) is 7.81. The Morgan fingerprint density at radius 3 is 2.39 bits per heavy atom. The Bertz CT molecular complexity index is 477. The van der Waals surface area contributed by atoms with Gasteiger partial charge in [0.2, 0.25) is 0 Å². The highest BCUT2D eigenvalue weighted by atomic mass is 19.4. The maximum atomic E-state index is 12.4. The third kappa shape index (κ3) is 6.09. The summed E-state index contributed by atoms with van der Waals surface area (Å²) in [5, 5.41) is 18.5. The van der Waals surface area contributed by atoms with Gasteiger partial charge in [0.15, 0.2) is 0 Å². The molecule has 0 unspecified atom stereocenters. The molecule has 0 heterocycles. The van der Waals surface area contributed by atoms with Crippen LogP contribution in [0.2, 0.25) is 0 Å². The van der Waals surface area contributed by atoms with E-state index in [1.165, 1.54) is 0 Å². The Morgan fingerprint density at radius 2 is 1.87 bits per heavy atom. The molecule has 2 atom stereocenters. The van der Waals surface area contributed by atoms with Crippen molar-refractivity contribution in [1.82, 2.24) is 0 Å². The van der Waals surface area contributed by atoms with Gasteiger partial charge in [-0.1, -0.05) is 12.8 Å². The fraction of sp³-hybridized carbons (Fsp3) is 0.812. The summed E-state index contributed by atoms with van der Waals surface area (Å²) in [6.07, 6.45) is -3.37. The van der Waals surface area contributed by atoms with Crippen molar-refractivity contribution in [2.45, 2.75) is 58.0 Å². The number of carbonyl (C=O) groups excluding carboxylic acids is 1. The van der Waals surface area contributed by atoms with Crippen LogP contribution in [-0.2, 0) is 9.53 Å². The second kappa shape index (κ2) is 8.19. The van der Waals surface area contributed by atoms with E-state index in [0.717, 1.165) is 6.42 Å². The molecule has 0 aromatic rings. The van der Waals surface area contributed by atoms with E-state index < -0.39 is 24.4 Å². The van der Waals surface area contributed by atoms with Crippen LogP contribution in [0.15, 0.2) is 0 Å². The van der Waals surface area contributed by atoms with E-state index in [4.69, 9.17) is 4.74 Å². The molecular weight excluding hydrogens is 309 g/mol. The summed E-state index contributed by atoms with van der Waals surface area (Å²) in [4.78, 5) is 11.8. The number of hydrogen-bond donors (Lipinski definition) is 0. The molecule has 1 rings (SSSR count). The van der Waals surface area contributed by atoms with Gasteiger partial charge in [0.25, 0.3) is 0 Å². The second-order valence-electron chi connectivity index (χ2n) is 6.11. The smallest absolute Gasteiger partial charge is 0.389 e. The number of esters is 1. The molecule has 1 aliphatic carbocycles. The van der Waals surface area contributed by atoms with Crippen LogP contribution in [0.5, 0.6) is 0 Å². The Hall–Kier alpha value is -1.76. The lowest BCUT2D eigenvalue weighted by molar-refractivity contribution is -0.149. The zero-order valence-electron chi connectivity index (χ0n) is 13.2. The molecule has 23 heavy (non-hydrogen) atoms. The standard InChI is InChI=1S/C16H21F3N2O2/c1-2-23-14(22)13-5-3-4-12(8-13)9-15(10-20,11-21)6-7-16(17,18)19/h12-13H,2-9H2,1H3/t12-,13+/m1/s1. The molecule has 0 aromatic carbocycles. The minimum atomic E-state index is -4.39. The molecule has 0 spiro atoms. The van der Waals surface area contributed by atoms with Crippen molar-refractivity contribution >= 4 is 5.97 Å². The van der Waals surface area contributed by atoms with Crippen LogP contribution < -0.4 is 0 Å². The van der Waals surface area contributed by atoms with Gasteiger partial charge in [-0.3, -0.25) is 4.79 Å². The number of halogens is 3. The summed E-state index contributed by atoms with van der Waals surface area (Å²) < 4.78 is 42.2. The highest BCUT2D eigenvalue weighted by molar-refractivity contribution is 5.72. The van der Waals surface area contributed by atoms with Gasteiger partial charge in [-0.05, 0) is 38.5 Å². The molecule has 0 radical (unpaired) electrons. The monoisotopic (exact) mass is 330 g/mol. The second-order valence-corrected chi connectivity index (χ2v) is 6.11. The minimum absolute atomic E-state index is 0.0754. The van der Waals surface area contributed by atoms with E-state index in [0.29, 0.717) is 19.3 Å². The van der Waals surface area contributed by atoms with Gasteiger partial charge in [0.05, 0.1) is 24.7 Å². The van der Waals surface area contributed by atoms with Crippen LogP contribution in [0.25, 0.3) is 0 Å². The Kier molecular flexibility index (Phi) is 6.87. The normalized spacial score (nSPS) is 22.0. The minimum Gasteiger partial charge on any atom is -0.466 e. The van der Waals surface area contributed by atoms with E-state index in [1.807, 2.05) is 0 Å². The first kappa shape index (κ1) is 19.3. The Balaban J connectivity index is 2.71. The highest BCUT2D eigenvalue weighted by Crippen LogP contribution is 2.41. The predicted octanol–water partition coefficient (Wildman–Crippen LogP) is 4.12. The van der Waals surface area contributed by atoms with Crippen molar-refractivity contribution in [1.29, 1.82) is 10.5 Å². The van der Waals surface area contributed by atoms with Crippen molar-refractivity contribution in [2.24, 2.45) is 17.3 Å². The SMILES string of the molecule is CCOC(=O)[C@H]1CCC[C@@H](CC(C#N)(C#N)CCC(F)(F)F)C1. The van der Waals surface area contributed by atoms with Gasteiger partial charge in [0, 0.05) is 6.42 Å². The Morgan fingerprint density at radius 1 is 1.22 bits per heavy atom. The fourth-order valence-electron chi connectivity index (χ4n) is 3.13. The lowest BCUT2D eigenvalue weighted by atomic mass is 9.71. The maximum Gasteiger partial charge on any atom is 0.389 e. The van der Waals surface area contributed by atoms with Crippen LogP contribution in [0, 0.1) is 39.9 Å². The molecule has 1 fully saturated rings. The summed E-state index contributed by atoms with van der Waals surface area (Å²) in [7, 11) is 0. The number of rotatable bonds is 6. The summed E-state index contributed by atoms with van der Waals surface area (Å²) >= 11 is 0. The van der Waals surface area contributed by atoms with Crippen molar-refractivity contribution in [3.63, 3.8) is 0 Å². The number of alkyl halides is 3. The van der Waals surface area contributed by atoms with Gasteiger partial charge in [0.1, 0.15) is 5.41 Å². The summed E-state index contributed by atoms with van der Waals surface area (Å²) in [5.41, 5.74) is -1.64. The molecule has 0 amide bonds. The maximum absolute atomic E-state index is 12.4. The zero-order chi connectivity index (χ0) is 17.5. The average Bonchev–Trinajstić information content (AvgIpc) is 2.51. The molecule has 128 valence electrons. The van der Waals surface area contributed by atoms with E-state index >= 15 is 0 Å². The summed E-state index contributed by atoms with van der Waals surface area (Å²) in [6.45, 7) is 2.00. The molecule has 0 N–H and O–H groups in total. The van der Waals surface area contributed by atoms with Crippen molar-refractivity contribution < 1.29 is 22.7 Å². The lowest BCUT2D eigenvalue weighted by Crippen LogP contribution is -2.29. The number of ether oxygens (including phenoxy) is 1. The molecule has 1 aliphatic rings. The van der Waals surface area contributed by atoms with Gasteiger partial charge < -0.3 is 4.74 Å². The number of hydrogen-bond acceptors (Lipinski definition) is 4. The van der Waals surface area contributed by atoms with E-state index in [9.17, 15) is 28.5 Å². The van der Waals surface area contributed by atoms with Crippen LogP contribution >= 0.6 is 0 Å². The molecule has 0 aliphatic heterocycles. The van der Waals surface area contributed by atoms with E-state index in [-0.39, 0.29) is 30.8 Å². The van der Waals surface area contributed by atoms with Gasteiger partial charge in [-0.2, -0.15) is 23.7 Å². The van der Waals surface area contributed by atoms with Crippen LogP contribution in [-0.4, -0.2) is 18.8 Å². The van der Waals surface area contributed by atoms with E-state index in [1.54, 1.807) is 19.1 Å². The van der Waals surface area contributed by atoms with Gasteiger partial charge >= 0.3 is 12.1 Å². The van der Waals surface area contributed by atoms with E-state index in [2.05, 4.69) is 0 Å². The number of carbonyl (C=O) groups is 1. The van der Waals surface area contributed by atoms with Crippen molar-refractivity contribution in [3.05, 3.63) is 0 Å². The van der Waals surface area contributed by atoms with Crippen LogP contribution in [0.3, 0.4) is 0 Å². The Labute approximate surface area is 134 Å². The van der Waals surface area contributed by atoms with Gasteiger partial charge in [-0.15, -0.1) is 0 Å². The molecular formula is C16H21F3N2O2. The number of nitrogens with zero attached hydrogens (tertiary/aromatic N) is 2. The quantitative estimate of drug-likeness (QED) is 0.687. The zero-order valence-corrected chi connectivity index (χ0v) is 13.2. The lowest BCUT2D eigenvalue weighted by Gasteiger charge is -2.31. The molecule has 7 heteroatoms. The molecule has 0 bridgehead atoms. The topological polar surface area (TPSA) is 73.9 Å². The number of nitriles is 2. The van der Waals surface area contributed by atoms with Crippen LogP contribution in [0.1, 0.15) is 51.9 Å². The van der Waals surface area contributed by atoms with Crippen LogP contribution in [0.4, 0.5) is 13.2 Å². The fourth-order valence-corrected chi connectivity index (χ4v) is 3.13. The van der Waals surface area contributed by atoms with Crippen molar-refractivity contribution in [2.75, 3.05) is 6.61 Å². The van der Waals surface area contributed by atoms with Crippen molar-refractivity contribution in [3.8, 4) is 12.1 Å². The van der Waals surface area contributed by atoms with Gasteiger partial charge in [-0.25, -0.2) is 0 Å². The molecule has 0 aromatic heterocycles. The first-order valence-electron chi connectivity index (χ1n) is 7.81. The third-order valence-electron chi connectivity index (χ3n) is 4.30. The third-order valence-corrected chi connectivity index (χ3v) is 4.30. The largest absolute Gasteiger partial charge is 0.466 e.